The minimum atomic E-state index is 0.697. The number of halogens is 1. The van der Waals surface area contributed by atoms with Gasteiger partial charge in [0.15, 0.2) is 5.82 Å². The topological polar surface area (TPSA) is 25.8 Å². The first-order valence-electron chi connectivity index (χ1n) is 5.91. The van der Waals surface area contributed by atoms with Gasteiger partial charge < -0.3 is 0 Å². The molecule has 0 atom stereocenters. The Kier molecular flexibility index (Phi) is 2.93. The van der Waals surface area contributed by atoms with E-state index in [0.29, 0.717) is 5.92 Å². The van der Waals surface area contributed by atoms with E-state index in [1.165, 1.54) is 24.8 Å². The summed E-state index contributed by atoms with van der Waals surface area (Å²) in [6.07, 6.45) is 7.88. The number of aromatic nitrogens is 2. The predicted molar refractivity (Wildman–Crippen MR) is 71.8 cm³/mol. The normalized spacial score (nSPS) is 15.6. The van der Waals surface area contributed by atoms with E-state index in [-0.39, 0.29) is 0 Å². The van der Waals surface area contributed by atoms with Crippen molar-refractivity contribution < 1.29 is 0 Å². The second-order valence-electron chi connectivity index (χ2n) is 4.45. The maximum Gasteiger partial charge on any atom is 0.160 e. The molecule has 0 amide bonds. The van der Waals surface area contributed by atoms with Gasteiger partial charge in [0, 0.05) is 22.4 Å². The molecule has 1 aliphatic carbocycles. The lowest BCUT2D eigenvalue weighted by Crippen LogP contribution is -2.09. The van der Waals surface area contributed by atoms with E-state index in [1.54, 1.807) is 0 Å². The number of nitrogens with zero attached hydrogens (tertiary/aromatic N) is 2. The summed E-state index contributed by atoms with van der Waals surface area (Å²) in [6, 6.07) is 8.04. The van der Waals surface area contributed by atoms with Crippen LogP contribution < -0.4 is 0 Å². The summed E-state index contributed by atoms with van der Waals surface area (Å²) in [4.78, 5) is 8.94. The smallest absolute Gasteiger partial charge is 0.160 e. The van der Waals surface area contributed by atoms with Crippen molar-refractivity contribution in [1.29, 1.82) is 0 Å². The highest BCUT2D eigenvalue weighted by molar-refractivity contribution is 9.10. The molecule has 2 nitrogen and oxygen atoms in total. The molecule has 0 aliphatic heterocycles. The third-order valence-electron chi connectivity index (χ3n) is 3.36. The standard InChI is InChI=1S/C14H13BrN2/c15-13-7-2-1-6-12(13)14-16-8-11(9-17-14)10-4-3-5-10/h1-2,6-10H,3-5H2. The Morgan fingerprint density at radius 3 is 2.35 bits per heavy atom. The molecule has 1 aliphatic rings. The Morgan fingerprint density at radius 1 is 1.06 bits per heavy atom. The summed E-state index contributed by atoms with van der Waals surface area (Å²) in [5, 5.41) is 0. The van der Waals surface area contributed by atoms with E-state index in [2.05, 4.69) is 25.9 Å². The first-order chi connectivity index (χ1) is 8.34. The van der Waals surface area contributed by atoms with Crippen molar-refractivity contribution in [3.05, 3.63) is 46.7 Å². The molecule has 2 aromatic rings. The van der Waals surface area contributed by atoms with E-state index < -0.39 is 0 Å². The average Bonchev–Trinajstić information content (AvgIpc) is 2.29. The Balaban J connectivity index is 1.91. The fraction of sp³-hybridized carbons (Fsp3) is 0.286. The minimum Gasteiger partial charge on any atom is -0.236 e. The number of rotatable bonds is 2. The lowest BCUT2D eigenvalue weighted by Gasteiger charge is -2.24. The summed E-state index contributed by atoms with van der Waals surface area (Å²) < 4.78 is 1.04. The fourth-order valence-electron chi connectivity index (χ4n) is 2.07. The van der Waals surface area contributed by atoms with Crippen LogP contribution in [0.3, 0.4) is 0 Å². The molecular formula is C14H13BrN2. The van der Waals surface area contributed by atoms with Crippen molar-refractivity contribution >= 4 is 15.9 Å². The van der Waals surface area contributed by atoms with Crippen molar-refractivity contribution in [3.63, 3.8) is 0 Å². The van der Waals surface area contributed by atoms with Crippen LogP contribution in [0, 0.1) is 0 Å². The third kappa shape index (κ3) is 2.12. The van der Waals surface area contributed by atoms with E-state index in [4.69, 9.17) is 0 Å². The molecule has 1 aromatic carbocycles. The van der Waals surface area contributed by atoms with Crippen molar-refractivity contribution in [2.45, 2.75) is 25.2 Å². The van der Waals surface area contributed by atoms with Crippen LogP contribution in [0.15, 0.2) is 41.1 Å². The molecule has 0 spiro atoms. The zero-order valence-corrected chi connectivity index (χ0v) is 11.0. The first kappa shape index (κ1) is 10.9. The van der Waals surface area contributed by atoms with Gasteiger partial charge >= 0.3 is 0 Å². The largest absolute Gasteiger partial charge is 0.236 e. The summed E-state index contributed by atoms with van der Waals surface area (Å²) >= 11 is 3.53. The summed E-state index contributed by atoms with van der Waals surface area (Å²) in [5.41, 5.74) is 2.33. The fourth-order valence-corrected chi connectivity index (χ4v) is 2.53. The van der Waals surface area contributed by atoms with E-state index in [9.17, 15) is 0 Å². The van der Waals surface area contributed by atoms with Crippen molar-refractivity contribution in [3.8, 4) is 11.4 Å². The van der Waals surface area contributed by atoms with Crippen LogP contribution in [0.4, 0.5) is 0 Å². The quantitative estimate of drug-likeness (QED) is 0.829. The van der Waals surface area contributed by atoms with Crippen molar-refractivity contribution in [1.82, 2.24) is 9.97 Å². The molecule has 3 rings (SSSR count). The summed E-state index contributed by atoms with van der Waals surface area (Å²) in [6.45, 7) is 0. The Morgan fingerprint density at radius 2 is 1.76 bits per heavy atom. The SMILES string of the molecule is Brc1ccccc1-c1ncc(C2CCC2)cn1. The van der Waals surface area contributed by atoms with Crippen LogP contribution in [0.1, 0.15) is 30.7 Å². The first-order valence-corrected chi connectivity index (χ1v) is 6.71. The number of benzene rings is 1. The van der Waals surface area contributed by atoms with Gasteiger partial charge in [-0.3, -0.25) is 0 Å². The van der Waals surface area contributed by atoms with Gasteiger partial charge in [0.1, 0.15) is 0 Å². The zero-order valence-electron chi connectivity index (χ0n) is 9.44. The van der Waals surface area contributed by atoms with Gasteiger partial charge in [-0.15, -0.1) is 0 Å². The molecule has 1 aromatic heterocycles. The minimum absolute atomic E-state index is 0.697. The third-order valence-corrected chi connectivity index (χ3v) is 4.05. The molecule has 0 bridgehead atoms. The molecule has 0 saturated heterocycles. The van der Waals surface area contributed by atoms with E-state index >= 15 is 0 Å². The van der Waals surface area contributed by atoms with Gasteiger partial charge in [0.05, 0.1) is 0 Å². The second-order valence-corrected chi connectivity index (χ2v) is 5.30. The summed E-state index contributed by atoms with van der Waals surface area (Å²) in [5.74, 6) is 1.49. The maximum atomic E-state index is 4.47. The van der Waals surface area contributed by atoms with Crippen LogP contribution in [-0.4, -0.2) is 9.97 Å². The zero-order chi connectivity index (χ0) is 11.7. The second kappa shape index (κ2) is 4.57. The van der Waals surface area contributed by atoms with Gasteiger partial charge in [0.2, 0.25) is 0 Å². The van der Waals surface area contributed by atoms with E-state index in [0.717, 1.165) is 15.9 Å². The number of hydrogen-bond donors (Lipinski definition) is 0. The van der Waals surface area contributed by atoms with Gasteiger partial charge in [-0.05, 0) is 30.4 Å². The van der Waals surface area contributed by atoms with Crippen LogP contribution in [-0.2, 0) is 0 Å². The highest BCUT2D eigenvalue weighted by atomic mass is 79.9. The molecule has 1 fully saturated rings. The summed E-state index contributed by atoms with van der Waals surface area (Å²) in [7, 11) is 0. The van der Waals surface area contributed by atoms with Crippen LogP contribution in [0.5, 0.6) is 0 Å². The lowest BCUT2D eigenvalue weighted by molar-refractivity contribution is 0.418. The molecule has 17 heavy (non-hydrogen) atoms. The van der Waals surface area contributed by atoms with Gasteiger partial charge in [-0.25, -0.2) is 9.97 Å². The van der Waals surface area contributed by atoms with Gasteiger partial charge in [-0.2, -0.15) is 0 Å². The van der Waals surface area contributed by atoms with Gasteiger partial charge in [-0.1, -0.05) is 40.5 Å². The molecule has 0 unspecified atom stereocenters. The monoisotopic (exact) mass is 288 g/mol. The van der Waals surface area contributed by atoms with Crippen molar-refractivity contribution in [2.75, 3.05) is 0 Å². The maximum absolute atomic E-state index is 4.47. The Hall–Kier alpha value is -1.22. The molecule has 86 valence electrons. The molecule has 1 saturated carbocycles. The van der Waals surface area contributed by atoms with E-state index in [1.807, 2.05) is 36.7 Å². The molecule has 1 heterocycles. The Labute approximate surface area is 109 Å². The highest BCUT2D eigenvalue weighted by Crippen LogP contribution is 2.36. The number of hydrogen-bond acceptors (Lipinski definition) is 2. The molecule has 3 heteroatoms. The average molecular weight is 289 g/mol. The highest BCUT2D eigenvalue weighted by Gasteiger charge is 2.20. The molecular weight excluding hydrogens is 276 g/mol. The van der Waals surface area contributed by atoms with Crippen molar-refractivity contribution in [2.24, 2.45) is 0 Å². The van der Waals surface area contributed by atoms with Gasteiger partial charge in [0.25, 0.3) is 0 Å². The van der Waals surface area contributed by atoms with Crippen LogP contribution in [0.2, 0.25) is 0 Å². The lowest BCUT2D eigenvalue weighted by atomic mass is 9.81. The van der Waals surface area contributed by atoms with Crippen LogP contribution >= 0.6 is 15.9 Å². The molecule has 0 radical (unpaired) electrons. The Bertz CT molecular complexity index is 518. The van der Waals surface area contributed by atoms with Crippen LogP contribution in [0.25, 0.3) is 11.4 Å². The molecule has 0 N–H and O–H groups in total. The predicted octanol–water partition coefficient (Wildman–Crippen LogP) is 4.17.